The molecule has 1 aliphatic heterocycles. The van der Waals surface area contributed by atoms with Crippen molar-refractivity contribution in [2.24, 2.45) is 11.7 Å². The highest BCUT2D eigenvalue weighted by Gasteiger charge is 2.37. The first-order valence-corrected chi connectivity index (χ1v) is 13.0. The second-order valence-electron chi connectivity index (χ2n) is 9.89. The molecular formula is C27H38N4O9. The van der Waals surface area contributed by atoms with E-state index in [1.807, 2.05) is 13.8 Å². The van der Waals surface area contributed by atoms with Gasteiger partial charge in [-0.2, -0.15) is 0 Å². The Morgan fingerprint density at radius 2 is 1.80 bits per heavy atom. The maximum atomic E-state index is 13.7. The van der Waals surface area contributed by atoms with Gasteiger partial charge < -0.3 is 35.5 Å². The van der Waals surface area contributed by atoms with E-state index in [0.29, 0.717) is 19.3 Å². The number of methoxy groups -OCH3 is 2. The maximum absolute atomic E-state index is 13.7. The summed E-state index contributed by atoms with van der Waals surface area (Å²) in [5.41, 5.74) is 6.01. The van der Waals surface area contributed by atoms with Crippen LogP contribution in [0.3, 0.4) is 0 Å². The molecule has 1 fully saturated rings. The fraction of sp³-hybridized carbons (Fsp3) is 0.556. The zero-order valence-electron chi connectivity index (χ0n) is 23.5. The van der Waals surface area contributed by atoms with Gasteiger partial charge in [0.25, 0.3) is 5.91 Å². The van der Waals surface area contributed by atoms with E-state index >= 15 is 0 Å². The predicted molar refractivity (Wildman–Crippen MR) is 143 cm³/mol. The number of carbonyl (C=O) groups excluding carboxylic acids is 6. The van der Waals surface area contributed by atoms with Crippen molar-refractivity contribution in [1.82, 2.24) is 10.2 Å². The molecule has 1 saturated heterocycles. The number of hydrogen-bond acceptors (Lipinski definition) is 10. The van der Waals surface area contributed by atoms with Crippen molar-refractivity contribution in [3.8, 4) is 5.75 Å². The molecule has 0 aromatic heterocycles. The number of esters is 3. The summed E-state index contributed by atoms with van der Waals surface area (Å²) in [6.45, 7) is 5.24. The fourth-order valence-corrected chi connectivity index (χ4v) is 4.29. The second kappa shape index (κ2) is 15.0. The van der Waals surface area contributed by atoms with E-state index in [9.17, 15) is 28.8 Å². The lowest BCUT2D eigenvalue weighted by atomic mass is 10.0. The van der Waals surface area contributed by atoms with Crippen molar-refractivity contribution in [3.05, 3.63) is 23.8 Å². The molecule has 0 unspecified atom stereocenters. The third kappa shape index (κ3) is 9.04. The summed E-state index contributed by atoms with van der Waals surface area (Å²) in [4.78, 5) is 76.0. The largest absolute Gasteiger partial charge is 0.469 e. The van der Waals surface area contributed by atoms with E-state index in [2.05, 4.69) is 15.4 Å². The highest BCUT2D eigenvalue weighted by Crippen LogP contribution is 2.28. The molecule has 0 radical (unpaired) electrons. The molecule has 3 amide bonds. The molecule has 1 heterocycles. The number of nitrogens with zero attached hydrogens (tertiary/aromatic N) is 1. The van der Waals surface area contributed by atoms with Crippen molar-refractivity contribution >= 4 is 41.3 Å². The van der Waals surface area contributed by atoms with Crippen LogP contribution < -0.4 is 21.1 Å². The highest BCUT2D eigenvalue weighted by molar-refractivity contribution is 6.03. The summed E-state index contributed by atoms with van der Waals surface area (Å²) in [6.07, 6.45) is 1.25. The number of anilines is 1. The zero-order chi connectivity index (χ0) is 30.0. The third-order valence-electron chi connectivity index (χ3n) is 6.28. The lowest BCUT2D eigenvalue weighted by Gasteiger charge is -2.27. The van der Waals surface area contributed by atoms with Crippen molar-refractivity contribution in [2.45, 2.75) is 71.0 Å². The molecule has 0 saturated carbocycles. The molecule has 4 N–H and O–H groups in total. The quantitative estimate of drug-likeness (QED) is 0.247. The smallest absolute Gasteiger partial charge is 0.328 e. The van der Waals surface area contributed by atoms with Gasteiger partial charge in [-0.15, -0.1) is 0 Å². The Kier molecular flexibility index (Phi) is 12.1. The molecule has 0 bridgehead atoms. The summed E-state index contributed by atoms with van der Waals surface area (Å²) in [5.74, 6) is -3.40. The van der Waals surface area contributed by atoms with Crippen LogP contribution in [0.2, 0.25) is 0 Å². The van der Waals surface area contributed by atoms with Gasteiger partial charge in [0.1, 0.15) is 17.8 Å². The number of nitrogens with one attached hydrogen (secondary N) is 2. The first-order valence-electron chi connectivity index (χ1n) is 13.0. The predicted octanol–water partition coefficient (Wildman–Crippen LogP) is 1.14. The average Bonchev–Trinajstić information content (AvgIpc) is 3.40. The lowest BCUT2D eigenvalue weighted by Crippen LogP contribution is -2.51. The van der Waals surface area contributed by atoms with Gasteiger partial charge in [-0.3, -0.25) is 24.0 Å². The molecule has 2 rings (SSSR count). The van der Waals surface area contributed by atoms with Crippen LogP contribution in [-0.4, -0.2) is 79.4 Å². The number of ether oxygens (including phenoxy) is 3. The van der Waals surface area contributed by atoms with E-state index in [1.165, 1.54) is 44.2 Å². The first-order chi connectivity index (χ1) is 18.9. The first kappa shape index (κ1) is 32.2. The van der Waals surface area contributed by atoms with Crippen LogP contribution in [0.25, 0.3) is 0 Å². The van der Waals surface area contributed by atoms with Crippen LogP contribution in [0.5, 0.6) is 5.75 Å². The number of amides is 3. The molecule has 3 atom stereocenters. The van der Waals surface area contributed by atoms with Crippen molar-refractivity contribution in [1.29, 1.82) is 0 Å². The minimum absolute atomic E-state index is 0.0454. The topological polar surface area (TPSA) is 183 Å². The number of rotatable bonds is 12. The molecule has 1 aromatic carbocycles. The number of nitrogens with two attached hydrogens (primary N) is 1. The minimum atomic E-state index is -1.02. The SMILES string of the molecule is COC(=O)CC[C@H](N)C(=O)Nc1ccc(OC(C)=O)c(C(=O)N2CCC[C@H]2C(=O)N[C@@H](CC(C)C)C(=O)OC)c1. The lowest BCUT2D eigenvalue weighted by molar-refractivity contribution is -0.146. The van der Waals surface area contributed by atoms with Crippen LogP contribution in [0.1, 0.15) is 63.2 Å². The third-order valence-corrected chi connectivity index (χ3v) is 6.28. The van der Waals surface area contributed by atoms with Gasteiger partial charge >= 0.3 is 17.9 Å². The Morgan fingerprint density at radius 1 is 1.10 bits per heavy atom. The van der Waals surface area contributed by atoms with Crippen LogP contribution in [0, 0.1) is 5.92 Å². The van der Waals surface area contributed by atoms with Crippen molar-refractivity contribution < 1.29 is 43.0 Å². The standard InChI is InChI=1S/C27H38N4O9/c1-15(2)13-20(27(37)39-5)30-25(35)21-7-6-12-31(21)26(36)18-14-17(8-10-22(18)40-16(3)32)29-24(34)19(28)9-11-23(33)38-4/h8,10,14-15,19-21H,6-7,9,11-13,28H2,1-5H3,(H,29,34)(H,30,35)/t19-,20-,21-/m0/s1. The summed E-state index contributed by atoms with van der Waals surface area (Å²) in [7, 11) is 2.47. The molecule has 0 aliphatic carbocycles. The van der Waals surface area contributed by atoms with Gasteiger partial charge in [0, 0.05) is 25.6 Å². The van der Waals surface area contributed by atoms with Gasteiger partial charge in [-0.1, -0.05) is 13.8 Å². The molecule has 13 heteroatoms. The van der Waals surface area contributed by atoms with Crippen molar-refractivity contribution in [3.63, 3.8) is 0 Å². The fourth-order valence-electron chi connectivity index (χ4n) is 4.29. The molecule has 40 heavy (non-hydrogen) atoms. The van der Waals surface area contributed by atoms with Gasteiger partial charge in [0.15, 0.2) is 0 Å². The van der Waals surface area contributed by atoms with Gasteiger partial charge in [-0.25, -0.2) is 4.79 Å². The minimum Gasteiger partial charge on any atom is -0.469 e. The van der Waals surface area contributed by atoms with Crippen LogP contribution in [0.15, 0.2) is 18.2 Å². The zero-order valence-corrected chi connectivity index (χ0v) is 23.5. The molecule has 220 valence electrons. The summed E-state index contributed by atoms with van der Waals surface area (Å²) in [6, 6.07) is 1.35. The Morgan fingerprint density at radius 3 is 2.40 bits per heavy atom. The normalized spacial score (nSPS) is 16.1. The van der Waals surface area contributed by atoms with Crippen LogP contribution in [0.4, 0.5) is 5.69 Å². The van der Waals surface area contributed by atoms with E-state index in [-0.39, 0.29) is 42.3 Å². The molecule has 0 spiro atoms. The number of likely N-dealkylation sites (tertiary alicyclic amines) is 1. The Hall–Kier alpha value is -4.00. The van der Waals surface area contributed by atoms with Gasteiger partial charge in [0.05, 0.1) is 25.8 Å². The number of carbonyl (C=O) groups is 6. The number of benzene rings is 1. The van der Waals surface area contributed by atoms with E-state index in [0.717, 1.165) is 0 Å². The van der Waals surface area contributed by atoms with E-state index in [1.54, 1.807) is 0 Å². The second-order valence-corrected chi connectivity index (χ2v) is 9.89. The monoisotopic (exact) mass is 562 g/mol. The van der Waals surface area contributed by atoms with Gasteiger partial charge in [-0.05, 0) is 49.8 Å². The van der Waals surface area contributed by atoms with Crippen LogP contribution >= 0.6 is 0 Å². The summed E-state index contributed by atoms with van der Waals surface area (Å²) < 4.78 is 14.6. The summed E-state index contributed by atoms with van der Waals surface area (Å²) >= 11 is 0. The molecule has 1 aromatic rings. The molecular weight excluding hydrogens is 524 g/mol. The number of hydrogen-bond donors (Lipinski definition) is 3. The Balaban J connectivity index is 2.28. The molecule has 1 aliphatic rings. The van der Waals surface area contributed by atoms with E-state index < -0.39 is 53.8 Å². The average molecular weight is 563 g/mol. The van der Waals surface area contributed by atoms with Crippen molar-refractivity contribution in [2.75, 3.05) is 26.1 Å². The van der Waals surface area contributed by atoms with Gasteiger partial charge in [0.2, 0.25) is 11.8 Å². The Labute approximate surface area is 233 Å². The maximum Gasteiger partial charge on any atom is 0.328 e. The molecule has 13 nitrogen and oxygen atoms in total. The summed E-state index contributed by atoms with van der Waals surface area (Å²) in [5, 5.41) is 5.29. The highest BCUT2D eigenvalue weighted by atomic mass is 16.5. The van der Waals surface area contributed by atoms with E-state index in [4.69, 9.17) is 15.2 Å². The van der Waals surface area contributed by atoms with Crippen LogP contribution in [-0.2, 0) is 33.4 Å². The Bertz CT molecular complexity index is 1120.